The number of fused-ring (bicyclic) bond motifs is 4. The number of aliphatic hydroxyl groups excluding tert-OH is 1. The molecule has 0 aromatic rings. The average molecular weight is 300 g/mol. The van der Waals surface area contributed by atoms with Gasteiger partial charge in [0.25, 0.3) is 0 Å². The summed E-state index contributed by atoms with van der Waals surface area (Å²) in [5.74, 6) is 1.63. The Kier molecular flexibility index (Phi) is 3.37. The molecule has 0 bridgehead atoms. The van der Waals surface area contributed by atoms with Crippen LogP contribution in [0.5, 0.6) is 0 Å². The molecule has 0 heterocycles. The van der Waals surface area contributed by atoms with E-state index in [4.69, 9.17) is 0 Å². The van der Waals surface area contributed by atoms with Crippen LogP contribution in [0.1, 0.15) is 57.8 Å². The molecular formula is C19H24O3. The Bertz CT molecular complexity index is 598. The van der Waals surface area contributed by atoms with Gasteiger partial charge < -0.3 is 5.11 Å². The van der Waals surface area contributed by atoms with Crippen molar-refractivity contribution in [2.45, 2.75) is 57.8 Å². The summed E-state index contributed by atoms with van der Waals surface area (Å²) in [6.07, 6.45) is 9.77. The van der Waals surface area contributed by atoms with Crippen molar-refractivity contribution in [2.75, 3.05) is 6.61 Å². The van der Waals surface area contributed by atoms with E-state index < -0.39 is 0 Å². The van der Waals surface area contributed by atoms with E-state index in [1.165, 1.54) is 11.1 Å². The van der Waals surface area contributed by atoms with Crippen molar-refractivity contribution in [3.05, 3.63) is 22.8 Å². The van der Waals surface area contributed by atoms with E-state index in [1.807, 2.05) is 6.08 Å². The van der Waals surface area contributed by atoms with E-state index in [2.05, 4.69) is 0 Å². The number of hydrogen-bond donors (Lipinski definition) is 1. The van der Waals surface area contributed by atoms with Crippen LogP contribution in [0.2, 0.25) is 0 Å². The normalized spacial score (nSPS) is 37.6. The van der Waals surface area contributed by atoms with E-state index >= 15 is 0 Å². The zero-order valence-electron chi connectivity index (χ0n) is 13.1. The van der Waals surface area contributed by atoms with Crippen LogP contribution in [0.15, 0.2) is 22.8 Å². The van der Waals surface area contributed by atoms with Gasteiger partial charge in [0, 0.05) is 24.9 Å². The molecule has 0 radical (unpaired) electrons. The highest BCUT2D eigenvalue weighted by Crippen LogP contribution is 2.60. The van der Waals surface area contributed by atoms with Gasteiger partial charge in [0.2, 0.25) is 0 Å². The fourth-order valence-electron chi connectivity index (χ4n) is 5.78. The van der Waals surface area contributed by atoms with Crippen LogP contribution in [0.3, 0.4) is 0 Å². The molecule has 118 valence electrons. The number of ketones is 2. The Morgan fingerprint density at radius 2 is 1.95 bits per heavy atom. The van der Waals surface area contributed by atoms with Gasteiger partial charge in [-0.2, -0.15) is 0 Å². The Morgan fingerprint density at radius 3 is 2.77 bits per heavy atom. The minimum absolute atomic E-state index is 0.126. The van der Waals surface area contributed by atoms with E-state index in [1.54, 1.807) is 5.57 Å². The Labute approximate surface area is 131 Å². The average Bonchev–Trinajstić information content (AvgIpc) is 2.84. The van der Waals surface area contributed by atoms with Crippen molar-refractivity contribution in [3.63, 3.8) is 0 Å². The minimum atomic E-state index is -0.241. The molecule has 3 heteroatoms. The number of aliphatic hydroxyl groups is 1. The lowest BCUT2D eigenvalue weighted by molar-refractivity contribution is -0.130. The number of Topliss-reactive ketones (excluding diaryl/α,β-unsaturated/α-hetero) is 1. The summed E-state index contributed by atoms with van der Waals surface area (Å²) in [5.41, 5.74) is 4.04. The van der Waals surface area contributed by atoms with E-state index in [0.29, 0.717) is 36.9 Å². The quantitative estimate of drug-likeness (QED) is 0.852. The fraction of sp³-hybridized carbons (Fsp3) is 0.684. The SMILES string of the molecule is O=C1C=C2CC[C@@H]3C(=C2CC1)CC[C@]1(CCO)C(=O)CC[C@@H]31. The van der Waals surface area contributed by atoms with Crippen LogP contribution in [0.25, 0.3) is 0 Å². The predicted octanol–water partition coefficient (Wildman–Crippen LogP) is 3.12. The summed E-state index contributed by atoms with van der Waals surface area (Å²) in [4.78, 5) is 24.2. The maximum atomic E-state index is 12.5. The number of carbonyl (C=O) groups is 2. The Balaban J connectivity index is 1.73. The lowest BCUT2D eigenvalue weighted by Gasteiger charge is -2.47. The highest BCUT2D eigenvalue weighted by atomic mass is 16.3. The topological polar surface area (TPSA) is 54.4 Å². The molecule has 3 nitrogen and oxygen atoms in total. The van der Waals surface area contributed by atoms with Crippen LogP contribution in [-0.4, -0.2) is 23.3 Å². The van der Waals surface area contributed by atoms with Crippen molar-refractivity contribution in [2.24, 2.45) is 17.3 Å². The van der Waals surface area contributed by atoms with Crippen molar-refractivity contribution in [1.29, 1.82) is 0 Å². The van der Waals surface area contributed by atoms with E-state index in [-0.39, 0.29) is 17.8 Å². The number of allylic oxidation sites excluding steroid dienone is 4. The first kappa shape index (κ1) is 14.4. The molecule has 2 fully saturated rings. The van der Waals surface area contributed by atoms with Gasteiger partial charge in [0.15, 0.2) is 5.78 Å². The Morgan fingerprint density at radius 1 is 1.09 bits per heavy atom. The zero-order valence-corrected chi connectivity index (χ0v) is 13.1. The van der Waals surface area contributed by atoms with Gasteiger partial charge in [-0.05, 0) is 74.0 Å². The van der Waals surface area contributed by atoms with Crippen molar-refractivity contribution in [1.82, 2.24) is 0 Å². The lowest BCUT2D eigenvalue weighted by Crippen LogP contribution is -2.43. The maximum Gasteiger partial charge on any atom is 0.156 e. The van der Waals surface area contributed by atoms with Gasteiger partial charge >= 0.3 is 0 Å². The van der Waals surface area contributed by atoms with Gasteiger partial charge in [-0.3, -0.25) is 9.59 Å². The molecule has 4 aliphatic rings. The van der Waals surface area contributed by atoms with Crippen LogP contribution in [-0.2, 0) is 9.59 Å². The minimum Gasteiger partial charge on any atom is -0.396 e. The molecule has 0 aliphatic heterocycles. The van der Waals surface area contributed by atoms with Crippen LogP contribution in [0, 0.1) is 17.3 Å². The third kappa shape index (κ3) is 1.91. The molecule has 0 amide bonds. The summed E-state index contributed by atoms with van der Waals surface area (Å²) in [6, 6.07) is 0. The predicted molar refractivity (Wildman–Crippen MR) is 83.2 cm³/mol. The summed E-state index contributed by atoms with van der Waals surface area (Å²) in [5, 5.41) is 9.48. The highest BCUT2D eigenvalue weighted by Gasteiger charge is 2.55. The van der Waals surface area contributed by atoms with Crippen molar-refractivity contribution < 1.29 is 14.7 Å². The fourth-order valence-corrected chi connectivity index (χ4v) is 5.78. The van der Waals surface area contributed by atoms with E-state index in [0.717, 1.165) is 38.5 Å². The third-order valence-corrected chi connectivity index (χ3v) is 6.74. The molecule has 0 aromatic heterocycles. The molecule has 0 unspecified atom stereocenters. The monoisotopic (exact) mass is 300 g/mol. The molecular weight excluding hydrogens is 276 g/mol. The van der Waals surface area contributed by atoms with Crippen LogP contribution < -0.4 is 0 Å². The van der Waals surface area contributed by atoms with Gasteiger partial charge in [0.05, 0.1) is 0 Å². The molecule has 0 aromatic carbocycles. The zero-order chi connectivity index (χ0) is 15.3. The second kappa shape index (κ2) is 5.16. The number of carbonyl (C=O) groups excluding carboxylic acids is 2. The standard InChI is InChI=1S/C19H24O3/c20-10-9-19-8-7-15-14-4-2-13(21)11-12(14)1-3-16(15)17(19)5-6-18(19)22/h11,16-17,20H,1-10H2/t16-,17+,19-/m1/s1. The summed E-state index contributed by atoms with van der Waals surface area (Å²) >= 11 is 0. The summed E-state index contributed by atoms with van der Waals surface area (Å²) in [7, 11) is 0. The second-order valence-electron chi connectivity index (χ2n) is 7.48. The first-order valence-electron chi connectivity index (χ1n) is 8.75. The molecule has 22 heavy (non-hydrogen) atoms. The Hall–Kier alpha value is -1.22. The lowest BCUT2D eigenvalue weighted by atomic mass is 9.56. The largest absolute Gasteiger partial charge is 0.396 e. The molecule has 2 saturated carbocycles. The van der Waals surface area contributed by atoms with Gasteiger partial charge in [0.1, 0.15) is 5.78 Å². The van der Waals surface area contributed by atoms with Gasteiger partial charge in [-0.1, -0.05) is 5.57 Å². The van der Waals surface area contributed by atoms with Crippen molar-refractivity contribution in [3.8, 4) is 0 Å². The molecule has 1 N–H and O–H groups in total. The van der Waals surface area contributed by atoms with Crippen LogP contribution in [0.4, 0.5) is 0 Å². The van der Waals surface area contributed by atoms with Crippen LogP contribution >= 0.6 is 0 Å². The molecule has 0 saturated heterocycles. The first-order valence-corrected chi connectivity index (χ1v) is 8.75. The third-order valence-electron chi connectivity index (χ3n) is 6.74. The molecule has 4 aliphatic carbocycles. The number of hydrogen-bond acceptors (Lipinski definition) is 3. The summed E-state index contributed by atoms with van der Waals surface area (Å²) in [6.45, 7) is 0.126. The highest BCUT2D eigenvalue weighted by molar-refractivity contribution is 5.93. The molecule has 0 spiro atoms. The molecule has 4 rings (SSSR count). The van der Waals surface area contributed by atoms with Gasteiger partial charge in [-0.15, -0.1) is 0 Å². The van der Waals surface area contributed by atoms with E-state index in [9.17, 15) is 14.7 Å². The smallest absolute Gasteiger partial charge is 0.156 e. The second-order valence-corrected chi connectivity index (χ2v) is 7.48. The molecule has 3 atom stereocenters. The first-order chi connectivity index (χ1) is 10.7. The van der Waals surface area contributed by atoms with Crippen molar-refractivity contribution >= 4 is 11.6 Å². The number of rotatable bonds is 2. The maximum absolute atomic E-state index is 12.5. The summed E-state index contributed by atoms with van der Waals surface area (Å²) < 4.78 is 0. The van der Waals surface area contributed by atoms with Gasteiger partial charge in [-0.25, -0.2) is 0 Å².